The van der Waals surface area contributed by atoms with E-state index in [0.29, 0.717) is 17.0 Å². The summed E-state index contributed by atoms with van der Waals surface area (Å²) in [6, 6.07) is 5.13. The van der Waals surface area contributed by atoms with Crippen molar-refractivity contribution >= 4 is 33.5 Å². The average Bonchev–Trinajstić information content (AvgIpc) is 2.25. The highest BCUT2D eigenvalue weighted by Crippen LogP contribution is 2.28. The van der Waals surface area contributed by atoms with E-state index in [1.54, 1.807) is 18.2 Å². The van der Waals surface area contributed by atoms with Crippen molar-refractivity contribution in [2.75, 3.05) is 5.33 Å². The van der Waals surface area contributed by atoms with Crippen LogP contribution >= 0.6 is 27.5 Å². The number of aryl methyl sites for hydroxylation is 1. The lowest BCUT2D eigenvalue weighted by molar-refractivity contribution is -0.147. The van der Waals surface area contributed by atoms with Crippen LogP contribution in [0.1, 0.15) is 23.7 Å². The molecule has 0 aliphatic carbocycles. The third-order valence-corrected chi connectivity index (χ3v) is 3.12. The van der Waals surface area contributed by atoms with Crippen molar-refractivity contribution < 1.29 is 15.0 Å². The summed E-state index contributed by atoms with van der Waals surface area (Å²) in [6.45, 7) is 0. The number of aliphatic hydroxyl groups excluding tert-OH is 1. The number of benzene rings is 1. The molecule has 1 rings (SSSR count). The summed E-state index contributed by atoms with van der Waals surface area (Å²) in [5, 5.41) is 19.5. The lowest BCUT2D eigenvalue weighted by Crippen LogP contribution is -2.13. The lowest BCUT2D eigenvalue weighted by Gasteiger charge is -2.13. The third kappa shape index (κ3) is 3.20. The van der Waals surface area contributed by atoms with E-state index < -0.39 is 12.1 Å². The molecule has 0 aromatic heterocycles. The highest BCUT2D eigenvalue weighted by atomic mass is 79.9. The first-order chi connectivity index (χ1) is 7.57. The quantitative estimate of drug-likeness (QED) is 0.822. The Balaban J connectivity index is 3.07. The maximum atomic E-state index is 10.8. The van der Waals surface area contributed by atoms with Crippen molar-refractivity contribution in [1.82, 2.24) is 0 Å². The minimum atomic E-state index is -1.56. The maximum absolute atomic E-state index is 10.8. The summed E-state index contributed by atoms with van der Waals surface area (Å²) in [5.74, 6) is -1.28. The fourth-order valence-electron chi connectivity index (χ4n) is 1.49. The van der Waals surface area contributed by atoms with Gasteiger partial charge in [0.1, 0.15) is 0 Å². The molecule has 0 saturated carbocycles. The predicted octanol–water partition coefficient (Wildman–Crippen LogP) is 2.79. The van der Waals surface area contributed by atoms with E-state index in [1.807, 2.05) is 0 Å². The van der Waals surface area contributed by atoms with Gasteiger partial charge in [-0.05, 0) is 24.5 Å². The van der Waals surface area contributed by atoms with Crippen molar-refractivity contribution in [2.24, 2.45) is 0 Å². The number of carboxylic acids is 1. The molecule has 0 aliphatic rings. The summed E-state index contributed by atoms with van der Waals surface area (Å²) < 4.78 is 0. The largest absolute Gasteiger partial charge is 0.479 e. The zero-order valence-corrected chi connectivity index (χ0v) is 10.8. The molecule has 0 radical (unpaired) electrons. The Morgan fingerprint density at radius 3 is 2.75 bits per heavy atom. The van der Waals surface area contributed by atoms with Gasteiger partial charge < -0.3 is 10.2 Å². The van der Waals surface area contributed by atoms with Gasteiger partial charge in [-0.1, -0.05) is 39.7 Å². The minimum absolute atomic E-state index is 0.293. The van der Waals surface area contributed by atoms with Crippen LogP contribution < -0.4 is 0 Å². The highest BCUT2D eigenvalue weighted by molar-refractivity contribution is 9.09. The van der Waals surface area contributed by atoms with Gasteiger partial charge in [0.05, 0.1) is 0 Å². The molecule has 16 heavy (non-hydrogen) atoms. The number of alkyl halides is 1. The van der Waals surface area contributed by atoms with Gasteiger partial charge in [-0.3, -0.25) is 0 Å². The predicted molar refractivity (Wildman–Crippen MR) is 66.2 cm³/mol. The Hall–Kier alpha value is -0.580. The molecule has 1 unspecified atom stereocenters. The zero-order chi connectivity index (χ0) is 12.1. The summed E-state index contributed by atoms with van der Waals surface area (Å²) in [7, 11) is 0. The molecule has 0 aliphatic heterocycles. The molecule has 1 aromatic rings. The van der Waals surface area contributed by atoms with Gasteiger partial charge in [0, 0.05) is 15.9 Å². The molecule has 0 fully saturated rings. The van der Waals surface area contributed by atoms with E-state index in [-0.39, 0.29) is 0 Å². The number of halogens is 2. The van der Waals surface area contributed by atoms with Crippen molar-refractivity contribution in [3.8, 4) is 0 Å². The van der Waals surface area contributed by atoms with Crippen molar-refractivity contribution in [3.05, 3.63) is 34.3 Å². The van der Waals surface area contributed by atoms with E-state index in [9.17, 15) is 9.90 Å². The number of aliphatic carboxylic acids is 1. The van der Waals surface area contributed by atoms with Crippen molar-refractivity contribution in [3.63, 3.8) is 0 Å². The van der Waals surface area contributed by atoms with Gasteiger partial charge in [0.2, 0.25) is 0 Å². The molecule has 0 heterocycles. The van der Waals surface area contributed by atoms with Crippen LogP contribution in [0.5, 0.6) is 0 Å². The van der Waals surface area contributed by atoms with Crippen LogP contribution in [0.2, 0.25) is 5.02 Å². The zero-order valence-electron chi connectivity index (χ0n) is 8.49. The van der Waals surface area contributed by atoms with E-state index in [4.69, 9.17) is 16.7 Å². The Kier molecular flexibility index (Phi) is 5.25. The number of hydrogen-bond acceptors (Lipinski definition) is 2. The molecule has 1 aromatic carbocycles. The summed E-state index contributed by atoms with van der Waals surface area (Å²) in [5.41, 5.74) is 1.08. The summed E-state index contributed by atoms with van der Waals surface area (Å²) >= 11 is 9.22. The van der Waals surface area contributed by atoms with Crippen LogP contribution in [0.3, 0.4) is 0 Å². The average molecular weight is 308 g/mol. The summed E-state index contributed by atoms with van der Waals surface area (Å²) in [6.07, 6.45) is -0.00967. The SMILES string of the molecule is O=C(O)C(O)c1c(Cl)cccc1CCCBr. The lowest BCUT2D eigenvalue weighted by atomic mass is 9.99. The molecular formula is C11H12BrClO3. The van der Waals surface area contributed by atoms with Gasteiger partial charge in [0.25, 0.3) is 0 Å². The number of hydrogen-bond donors (Lipinski definition) is 2. The first-order valence-electron chi connectivity index (χ1n) is 4.82. The van der Waals surface area contributed by atoms with Gasteiger partial charge >= 0.3 is 5.97 Å². The smallest absolute Gasteiger partial charge is 0.337 e. The van der Waals surface area contributed by atoms with Crippen LogP contribution in [-0.2, 0) is 11.2 Å². The van der Waals surface area contributed by atoms with Gasteiger partial charge in [-0.2, -0.15) is 0 Å². The van der Waals surface area contributed by atoms with Crippen LogP contribution in [0, 0.1) is 0 Å². The van der Waals surface area contributed by atoms with Crippen LogP contribution in [0.25, 0.3) is 0 Å². The second-order valence-corrected chi connectivity index (χ2v) is 4.55. The third-order valence-electron chi connectivity index (χ3n) is 2.23. The van der Waals surface area contributed by atoms with Crippen molar-refractivity contribution in [2.45, 2.75) is 18.9 Å². The maximum Gasteiger partial charge on any atom is 0.337 e. The number of carboxylic acid groups (broad SMARTS) is 1. The van der Waals surface area contributed by atoms with Gasteiger partial charge in [0.15, 0.2) is 6.10 Å². The van der Waals surface area contributed by atoms with Crippen LogP contribution in [-0.4, -0.2) is 21.5 Å². The molecule has 88 valence electrons. The molecule has 5 heteroatoms. The summed E-state index contributed by atoms with van der Waals surface area (Å²) in [4.78, 5) is 10.8. The fraction of sp³-hybridized carbons (Fsp3) is 0.364. The molecule has 0 spiro atoms. The van der Waals surface area contributed by atoms with E-state index in [2.05, 4.69) is 15.9 Å². The number of carbonyl (C=O) groups is 1. The Bertz CT molecular complexity index is 381. The first kappa shape index (κ1) is 13.5. The Labute approximate surface area is 107 Å². The standard InChI is InChI=1S/C11H12BrClO3/c12-6-2-4-7-3-1-5-8(13)9(7)10(14)11(15)16/h1,3,5,10,14H,2,4,6H2,(H,15,16). The second-order valence-electron chi connectivity index (χ2n) is 3.35. The van der Waals surface area contributed by atoms with E-state index in [1.165, 1.54) is 0 Å². The molecular weight excluding hydrogens is 295 g/mol. The van der Waals surface area contributed by atoms with Crippen LogP contribution in [0.15, 0.2) is 18.2 Å². The number of aliphatic hydroxyl groups is 1. The van der Waals surface area contributed by atoms with Crippen molar-refractivity contribution in [1.29, 1.82) is 0 Å². The molecule has 0 amide bonds. The number of rotatable bonds is 5. The second kappa shape index (κ2) is 6.23. The van der Waals surface area contributed by atoms with Crippen LogP contribution in [0.4, 0.5) is 0 Å². The molecule has 2 N–H and O–H groups in total. The minimum Gasteiger partial charge on any atom is -0.479 e. The monoisotopic (exact) mass is 306 g/mol. The fourth-order valence-corrected chi connectivity index (χ4v) is 2.06. The topological polar surface area (TPSA) is 57.5 Å². The van der Waals surface area contributed by atoms with Gasteiger partial charge in [-0.15, -0.1) is 0 Å². The molecule has 3 nitrogen and oxygen atoms in total. The highest BCUT2D eigenvalue weighted by Gasteiger charge is 2.21. The Morgan fingerprint density at radius 2 is 2.19 bits per heavy atom. The normalized spacial score (nSPS) is 12.4. The molecule has 1 atom stereocenters. The molecule has 0 saturated heterocycles. The van der Waals surface area contributed by atoms with E-state index in [0.717, 1.165) is 17.3 Å². The first-order valence-corrected chi connectivity index (χ1v) is 6.32. The van der Waals surface area contributed by atoms with E-state index >= 15 is 0 Å². The molecule has 0 bridgehead atoms. The Morgan fingerprint density at radius 1 is 1.50 bits per heavy atom. The van der Waals surface area contributed by atoms with Gasteiger partial charge in [-0.25, -0.2) is 4.79 Å².